The molecule has 186 valence electrons. The highest BCUT2D eigenvalue weighted by atomic mass is 19.1. The third kappa shape index (κ3) is 6.06. The lowest BCUT2D eigenvalue weighted by Crippen LogP contribution is -2.54. The van der Waals surface area contributed by atoms with E-state index >= 15 is 0 Å². The molecule has 1 atom stereocenters. The van der Waals surface area contributed by atoms with Gasteiger partial charge in [-0.2, -0.15) is 0 Å². The van der Waals surface area contributed by atoms with Crippen molar-refractivity contribution in [2.45, 2.75) is 26.7 Å². The summed E-state index contributed by atoms with van der Waals surface area (Å²) < 4.78 is 13.2. The van der Waals surface area contributed by atoms with Crippen LogP contribution in [0.3, 0.4) is 0 Å². The molecule has 1 N–H and O–H groups in total. The first-order valence-corrected chi connectivity index (χ1v) is 12.2. The molecule has 2 heterocycles. The fourth-order valence-electron chi connectivity index (χ4n) is 4.80. The molecule has 0 bridgehead atoms. The number of piperazine rings is 1. The minimum atomic E-state index is -0.379. The molecule has 35 heavy (non-hydrogen) atoms. The number of nitrogens with zero attached hydrogens (tertiary/aromatic N) is 3. The van der Waals surface area contributed by atoms with Gasteiger partial charge >= 0.3 is 0 Å². The summed E-state index contributed by atoms with van der Waals surface area (Å²) in [7, 11) is 0. The summed E-state index contributed by atoms with van der Waals surface area (Å²) in [6.07, 6.45) is 1.52. The van der Waals surface area contributed by atoms with E-state index in [-0.39, 0.29) is 29.5 Å². The van der Waals surface area contributed by atoms with Gasteiger partial charge in [-0.3, -0.25) is 19.3 Å². The Balaban J connectivity index is 1.26. The van der Waals surface area contributed by atoms with Gasteiger partial charge in [0.05, 0.1) is 12.5 Å². The average molecular weight is 481 g/mol. The number of hydrogen-bond acceptors (Lipinski definition) is 4. The summed E-state index contributed by atoms with van der Waals surface area (Å²) in [5, 5.41) is 3.00. The van der Waals surface area contributed by atoms with E-state index in [1.54, 1.807) is 4.90 Å². The maximum Gasteiger partial charge on any atom is 0.253 e. The van der Waals surface area contributed by atoms with Crippen molar-refractivity contribution < 1.29 is 18.8 Å². The van der Waals surface area contributed by atoms with Crippen molar-refractivity contribution >= 4 is 23.4 Å². The van der Waals surface area contributed by atoms with Gasteiger partial charge in [-0.25, -0.2) is 4.39 Å². The van der Waals surface area contributed by atoms with Crippen LogP contribution in [0.25, 0.3) is 0 Å². The molecule has 0 aliphatic carbocycles. The van der Waals surface area contributed by atoms with Gasteiger partial charge < -0.3 is 15.1 Å². The maximum absolute atomic E-state index is 13.2. The van der Waals surface area contributed by atoms with E-state index in [1.165, 1.54) is 24.3 Å². The Labute approximate surface area is 205 Å². The number of likely N-dealkylation sites (tertiary alicyclic amines) is 1. The molecule has 2 aliphatic heterocycles. The highest BCUT2D eigenvalue weighted by Crippen LogP contribution is 2.22. The number of halogens is 1. The molecule has 0 radical (unpaired) electrons. The molecule has 0 aromatic heterocycles. The zero-order valence-corrected chi connectivity index (χ0v) is 20.4. The van der Waals surface area contributed by atoms with Crippen LogP contribution in [-0.2, 0) is 9.59 Å². The molecular weight excluding hydrogens is 447 g/mol. The van der Waals surface area contributed by atoms with Crippen LogP contribution >= 0.6 is 0 Å². The zero-order valence-electron chi connectivity index (χ0n) is 20.4. The van der Waals surface area contributed by atoms with Crippen LogP contribution in [0.2, 0.25) is 0 Å². The lowest BCUT2D eigenvalue weighted by Gasteiger charge is -2.38. The summed E-state index contributed by atoms with van der Waals surface area (Å²) >= 11 is 0. The summed E-state index contributed by atoms with van der Waals surface area (Å²) in [5.41, 5.74) is 3.47. The summed E-state index contributed by atoms with van der Waals surface area (Å²) in [5.74, 6) is -0.758. The average Bonchev–Trinajstić information content (AvgIpc) is 2.87. The number of nitrogens with one attached hydrogen (secondary N) is 1. The second kappa shape index (κ2) is 11.0. The molecule has 3 amide bonds. The van der Waals surface area contributed by atoms with Crippen molar-refractivity contribution in [1.29, 1.82) is 0 Å². The van der Waals surface area contributed by atoms with Crippen LogP contribution in [0.4, 0.5) is 10.1 Å². The van der Waals surface area contributed by atoms with Gasteiger partial charge in [-0.1, -0.05) is 12.1 Å². The molecule has 2 aromatic rings. The van der Waals surface area contributed by atoms with E-state index in [2.05, 4.69) is 10.2 Å². The van der Waals surface area contributed by atoms with Gasteiger partial charge in [-0.05, 0) is 68.1 Å². The number of carbonyl (C=O) groups is 3. The second-order valence-corrected chi connectivity index (χ2v) is 9.49. The lowest BCUT2D eigenvalue weighted by atomic mass is 9.95. The van der Waals surface area contributed by atoms with Crippen LogP contribution < -0.4 is 5.32 Å². The van der Waals surface area contributed by atoms with E-state index in [0.29, 0.717) is 51.4 Å². The summed E-state index contributed by atoms with van der Waals surface area (Å²) in [4.78, 5) is 44.2. The topological polar surface area (TPSA) is 73.0 Å². The summed E-state index contributed by atoms with van der Waals surface area (Å²) in [6, 6.07) is 11.4. The Bertz CT molecular complexity index is 1080. The number of carbonyl (C=O) groups excluding carboxylic acids is 3. The van der Waals surface area contributed by atoms with E-state index in [0.717, 1.165) is 29.7 Å². The molecule has 0 saturated carbocycles. The molecule has 0 unspecified atom stereocenters. The minimum absolute atomic E-state index is 0.0549. The largest absolute Gasteiger partial charge is 0.340 e. The number of hydrogen-bond donors (Lipinski definition) is 1. The first-order valence-electron chi connectivity index (χ1n) is 12.2. The molecule has 7 nitrogen and oxygen atoms in total. The van der Waals surface area contributed by atoms with Crippen molar-refractivity contribution in [2.75, 3.05) is 51.1 Å². The van der Waals surface area contributed by atoms with E-state index < -0.39 is 0 Å². The van der Waals surface area contributed by atoms with Gasteiger partial charge in [0, 0.05) is 50.5 Å². The van der Waals surface area contributed by atoms with E-state index in [9.17, 15) is 18.8 Å². The highest BCUT2D eigenvalue weighted by molar-refractivity contribution is 5.95. The van der Waals surface area contributed by atoms with Crippen LogP contribution in [-0.4, -0.2) is 78.2 Å². The third-order valence-corrected chi connectivity index (χ3v) is 7.08. The van der Waals surface area contributed by atoms with E-state index in [1.807, 2.05) is 36.9 Å². The fourth-order valence-corrected chi connectivity index (χ4v) is 4.80. The standard InChI is InChI=1S/C27H33FN4O3/c1-19-5-3-7-24(20(19)2)29-25(33)18-30-13-15-31(16-14-30)27(35)22-6-4-12-32(17-22)26(34)21-8-10-23(28)11-9-21/h3,5,7-11,22H,4,6,12-18H2,1-2H3,(H,29,33)/t22-/m1/s1. The molecule has 2 fully saturated rings. The lowest BCUT2D eigenvalue weighted by molar-refractivity contribution is -0.138. The van der Waals surface area contributed by atoms with Gasteiger partial charge in [0.2, 0.25) is 11.8 Å². The number of piperidine rings is 1. The first-order chi connectivity index (χ1) is 16.8. The predicted octanol–water partition coefficient (Wildman–Crippen LogP) is 3.08. The molecule has 8 heteroatoms. The Kier molecular flexibility index (Phi) is 7.80. The quantitative estimate of drug-likeness (QED) is 0.714. The predicted molar refractivity (Wildman–Crippen MR) is 133 cm³/mol. The highest BCUT2D eigenvalue weighted by Gasteiger charge is 2.33. The Morgan fingerprint density at radius 2 is 1.66 bits per heavy atom. The molecule has 4 rings (SSSR count). The van der Waals surface area contributed by atoms with Gasteiger partial charge in [0.15, 0.2) is 0 Å². The number of aryl methyl sites for hydroxylation is 1. The van der Waals surface area contributed by atoms with E-state index in [4.69, 9.17) is 0 Å². The van der Waals surface area contributed by atoms with Crippen molar-refractivity contribution in [3.8, 4) is 0 Å². The summed E-state index contributed by atoms with van der Waals surface area (Å²) in [6.45, 7) is 7.69. The van der Waals surface area contributed by atoms with Gasteiger partial charge in [-0.15, -0.1) is 0 Å². The number of benzene rings is 2. The molecular formula is C27H33FN4O3. The van der Waals surface area contributed by atoms with Crippen LogP contribution in [0.5, 0.6) is 0 Å². The van der Waals surface area contributed by atoms with Crippen LogP contribution in [0.1, 0.15) is 34.3 Å². The third-order valence-electron chi connectivity index (χ3n) is 7.08. The number of anilines is 1. The monoisotopic (exact) mass is 480 g/mol. The molecule has 2 aromatic carbocycles. The van der Waals surface area contributed by atoms with Gasteiger partial charge in [0.25, 0.3) is 5.91 Å². The van der Waals surface area contributed by atoms with Crippen LogP contribution in [0.15, 0.2) is 42.5 Å². The second-order valence-electron chi connectivity index (χ2n) is 9.49. The Morgan fingerprint density at radius 3 is 2.37 bits per heavy atom. The Hall–Kier alpha value is -3.26. The molecule has 0 spiro atoms. The zero-order chi connectivity index (χ0) is 24.9. The first kappa shape index (κ1) is 24.9. The maximum atomic E-state index is 13.2. The molecule has 2 aliphatic rings. The minimum Gasteiger partial charge on any atom is -0.340 e. The molecule has 2 saturated heterocycles. The van der Waals surface area contributed by atoms with Crippen molar-refractivity contribution in [2.24, 2.45) is 5.92 Å². The van der Waals surface area contributed by atoms with Crippen molar-refractivity contribution in [3.63, 3.8) is 0 Å². The normalized spacial score (nSPS) is 18.9. The smallest absolute Gasteiger partial charge is 0.253 e. The van der Waals surface area contributed by atoms with Crippen LogP contribution in [0, 0.1) is 25.6 Å². The SMILES string of the molecule is Cc1cccc(NC(=O)CN2CCN(C(=O)[C@@H]3CCCN(C(=O)c4ccc(F)cc4)C3)CC2)c1C. The number of amides is 3. The number of rotatable bonds is 5. The van der Waals surface area contributed by atoms with Crippen molar-refractivity contribution in [1.82, 2.24) is 14.7 Å². The Morgan fingerprint density at radius 1 is 0.943 bits per heavy atom. The fraction of sp³-hybridized carbons (Fsp3) is 0.444. The van der Waals surface area contributed by atoms with Crippen molar-refractivity contribution in [3.05, 3.63) is 65.0 Å². The van der Waals surface area contributed by atoms with Gasteiger partial charge in [0.1, 0.15) is 5.82 Å².